The van der Waals surface area contributed by atoms with Crippen LogP contribution >= 0.6 is 0 Å². The van der Waals surface area contributed by atoms with Gasteiger partial charge in [0.15, 0.2) is 0 Å². The number of nitrogens with zero attached hydrogens (tertiary/aromatic N) is 1. The molecule has 0 saturated heterocycles. The van der Waals surface area contributed by atoms with E-state index in [1.165, 1.54) is 12.1 Å². The highest BCUT2D eigenvalue weighted by molar-refractivity contribution is 5.78. The van der Waals surface area contributed by atoms with Crippen molar-refractivity contribution in [1.29, 1.82) is 0 Å². The van der Waals surface area contributed by atoms with Gasteiger partial charge in [-0.1, -0.05) is 12.1 Å². The van der Waals surface area contributed by atoms with E-state index >= 15 is 0 Å². The zero-order valence-corrected chi connectivity index (χ0v) is 10.6. The normalized spacial score (nSPS) is 10.7. The van der Waals surface area contributed by atoms with Crippen molar-refractivity contribution in [2.75, 3.05) is 5.32 Å². The summed E-state index contributed by atoms with van der Waals surface area (Å²) in [7, 11) is 0. The summed E-state index contributed by atoms with van der Waals surface area (Å²) in [6.45, 7) is 0.466. The molecule has 3 rings (SSSR count). The fraction of sp³-hybridized carbons (Fsp3) is 0.0625. The van der Waals surface area contributed by atoms with Gasteiger partial charge in [0, 0.05) is 24.2 Å². The lowest BCUT2D eigenvalue weighted by Crippen LogP contribution is -2.01. The van der Waals surface area contributed by atoms with Gasteiger partial charge in [-0.25, -0.2) is 8.78 Å². The van der Waals surface area contributed by atoms with E-state index in [1.54, 1.807) is 6.20 Å². The summed E-state index contributed by atoms with van der Waals surface area (Å²) in [5, 5.41) is 3.99. The predicted molar refractivity (Wildman–Crippen MR) is 75.4 cm³/mol. The third-order valence-corrected chi connectivity index (χ3v) is 3.08. The Balaban J connectivity index is 1.79. The first-order valence-corrected chi connectivity index (χ1v) is 6.25. The predicted octanol–water partition coefficient (Wildman–Crippen LogP) is 4.13. The Morgan fingerprint density at radius 3 is 2.75 bits per heavy atom. The molecular weight excluding hydrogens is 258 g/mol. The number of fused-ring (bicyclic) bond motifs is 1. The summed E-state index contributed by atoms with van der Waals surface area (Å²) in [4.78, 5) is 4.24. The third-order valence-electron chi connectivity index (χ3n) is 3.08. The molecule has 4 heteroatoms. The van der Waals surface area contributed by atoms with Crippen molar-refractivity contribution >= 4 is 16.6 Å². The van der Waals surface area contributed by atoms with Crippen LogP contribution in [0.1, 0.15) is 5.56 Å². The van der Waals surface area contributed by atoms with Crippen LogP contribution in [0.25, 0.3) is 10.9 Å². The Morgan fingerprint density at radius 2 is 1.90 bits per heavy atom. The first kappa shape index (κ1) is 12.5. The molecule has 1 heterocycles. The minimum Gasteiger partial charge on any atom is -0.379 e. The number of pyridine rings is 1. The van der Waals surface area contributed by atoms with Gasteiger partial charge in [-0.3, -0.25) is 4.98 Å². The summed E-state index contributed by atoms with van der Waals surface area (Å²) in [5.74, 6) is -1.17. The molecule has 1 N–H and O–H groups in total. The molecule has 0 aliphatic rings. The number of hydrogen-bond donors (Lipinski definition) is 1. The van der Waals surface area contributed by atoms with Crippen molar-refractivity contribution in [1.82, 2.24) is 4.98 Å². The SMILES string of the molecule is Fc1ccc(NCc2ccc3ncccc3c2)c(F)c1. The standard InChI is InChI=1S/C16H12F2N2/c17-13-4-6-16(14(18)9-13)20-10-11-3-5-15-12(8-11)2-1-7-19-15/h1-9,20H,10H2. The van der Waals surface area contributed by atoms with Crippen LogP contribution < -0.4 is 5.32 Å². The lowest BCUT2D eigenvalue weighted by molar-refractivity contribution is 0.585. The first-order valence-electron chi connectivity index (χ1n) is 6.25. The van der Waals surface area contributed by atoms with Gasteiger partial charge in [-0.15, -0.1) is 0 Å². The highest BCUT2D eigenvalue weighted by Crippen LogP contribution is 2.18. The summed E-state index contributed by atoms with van der Waals surface area (Å²) < 4.78 is 26.3. The van der Waals surface area contributed by atoms with Crippen LogP contribution in [0.3, 0.4) is 0 Å². The maximum absolute atomic E-state index is 13.5. The van der Waals surface area contributed by atoms with E-state index in [0.717, 1.165) is 22.5 Å². The molecule has 0 atom stereocenters. The van der Waals surface area contributed by atoms with Gasteiger partial charge < -0.3 is 5.32 Å². The van der Waals surface area contributed by atoms with Crippen molar-refractivity contribution in [3.63, 3.8) is 0 Å². The largest absolute Gasteiger partial charge is 0.379 e. The molecule has 0 bridgehead atoms. The second-order valence-corrected chi connectivity index (χ2v) is 4.51. The van der Waals surface area contributed by atoms with Gasteiger partial charge in [-0.2, -0.15) is 0 Å². The molecule has 20 heavy (non-hydrogen) atoms. The van der Waals surface area contributed by atoms with Crippen LogP contribution in [0.5, 0.6) is 0 Å². The number of hydrogen-bond acceptors (Lipinski definition) is 2. The molecule has 3 aromatic rings. The highest BCUT2D eigenvalue weighted by Gasteiger charge is 2.03. The molecule has 0 radical (unpaired) electrons. The van der Waals surface area contributed by atoms with Gasteiger partial charge >= 0.3 is 0 Å². The van der Waals surface area contributed by atoms with Gasteiger partial charge in [0.05, 0.1) is 11.2 Å². The first-order chi connectivity index (χ1) is 9.72. The van der Waals surface area contributed by atoms with Crippen molar-refractivity contribution < 1.29 is 8.78 Å². The van der Waals surface area contributed by atoms with Crippen LogP contribution in [0, 0.1) is 11.6 Å². The molecule has 0 unspecified atom stereocenters. The molecule has 0 aliphatic carbocycles. The lowest BCUT2D eigenvalue weighted by atomic mass is 10.1. The van der Waals surface area contributed by atoms with Gasteiger partial charge in [0.1, 0.15) is 11.6 Å². The molecule has 0 fully saturated rings. The van der Waals surface area contributed by atoms with Crippen molar-refractivity contribution in [3.8, 4) is 0 Å². The molecule has 0 spiro atoms. The summed E-state index contributed by atoms with van der Waals surface area (Å²) in [5.41, 5.74) is 2.22. The number of aromatic nitrogens is 1. The molecule has 100 valence electrons. The van der Waals surface area contributed by atoms with Crippen molar-refractivity contribution in [3.05, 3.63) is 71.9 Å². The number of benzene rings is 2. The topological polar surface area (TPSA) is 24.9 Å². The van der Waals surface area contributed by atoms with Crippen LogP contribution in [0.2, 0.25) is 0 Å². The molecule has 0 saturated carbocycles. The fourth-order valence-electron chi connectivity index (χ4n) is 2.07. The van der Waals surface area contributed by atoms with E-state index in [-0.39, 0.29) is 5.69 Å². The second-order valence-electron chi connectivity index (χ2n) is 4.51. The Morgan fingerprint density at radius 1 is 1.00 bits per heavy atom. The Bertz CT molecular complexity index is 756. The van der Waals surface area contributed by atoms with Crippen LogP contribution in [-0.4, -0.2) is 4.98 Å². The third kappa shape index (κ3) is 2.59. The molecule has 2 aromatic carbocycles. The Hall–Kier alpha value is -2.49. The zero-order chi connectivity index (χ0) is 13.9. The highest BCUT2D eigenvalue weighted by atomic mass is 19.1. The van der Waals surface area contributed by atoms with E-state index in [0.29, 0.717) is 6.54 Å². The maximum Gasteiger partial charge on any atom is 0.149 e. The molecule has 2 nitrogen and oxygen atoms in total. The quantitative estimate of drug-likeness (QED) is 0.774. The smallest absolute Gasteiger partial charge is 0.149 e. The lowest BCUT2D eigenvalue weighted by Gasteiger charge is -2.08. The van der Waals surface area contributed by atoms with Gasteiger partial charge in [0.25, 0.3) is 0 Å². The van der Waals surface area contributed by atoms with Gasteiger partial charge in [0.2, 0.25) is 0 Å². The van der Waals surface area contributed by atoms with Crippen molar-refractivity contribution in [2.24, 2.45) is 0 Å². The molecule has 0 aliphatic heterocycles. The zero-order valence-electron chi connectivity index (χ0n) is 10.6. The van der Waals surface area contributed by atoms with E-state index in [9.17, 15) is 8.78 Å². The van der Waals surface area contributed by atoms with Crippen LogP contribution in [-0.2, 0) is 6.54 Å². The average molecular weight is 270 g/mol. The molecule has 0 amide bonds. The second kappa shape index (κ2) is 5.25. The van der Waals surface area contributed by atoms with E-state index in [4.69, 9.17) is 0 Å². The minimum atomic E-state index is -0.590. The van der Waals surface area contributed by atoms with E-state index < -0.39 is 11.6 Å². The number of halogens is 2. The number of nitrogens with one attached hydrogen (secondary N) is 1. The minimum absolute atomic E-state index is 0.290. The van der Waals surface area contributed by atoms with Crippen LogP contribution in [0.15, 0.2) is 54.7 Å². The maximum atomic E-state index is 13.5. The van der Waals surface area contributed by atoms with E-state index in [1.807, 2.05) is 30.3 Å². The Kier molecular flexibility index (Phi) is 3.29. The van der Waals surface area contributed by atoms with Gasteiger partial charge in [-0.05, 0) is 35.9 Å². The van der Waals surface area contributed by atoms with Crippen LogP contribution in [0.4, 0.5) is 14.5 Å². The molecule has 1 aromatic heterocycles. The number of rotatable bonds is 3. The summed E-state index contributed by atoms with van der Waals surface area (Å²) >= 11 is 0. The van der Waals surface area contributed by atoms with Crippen molar-refractivity contribution in [2.45, 2.75) is 6.54 Å². The van der Waals surface area contributed by atoms with E-state index in [2.05, 4.69) is 10.3 Å². The Labute approximate surface area is 115 Å². The summed E-state index contributed by atoms with van der Waals surface area (Å²) in [6, 6.07) is 13.2. The average Bonchev–Trinajstić information content (AvgIpc) is 2.46. The number of anilines is 1. The monoisotopic (exact) mass is 270 g/mol. The summed E-state index contributed by atoms with van der Waals surface area (Å²) in [6.07, 6.45) is 1.74. The fourth-order valence-corrected chi connectivity index (χ4v) is 2.07. The molecular formula is C16H12F2N2.